The topological polar surface area (TPSA) is 58.1 Å². The number of halogens is 1. The number of allylic oxidation sites excluding steroid dienone is 1. The molecule has 0 fully saturated rings. The van der Waals surface area contributed by atoms with Crippen LogP contribution in [0.25, 0.3) is 10.9 Å². The molecule has 0 atom stereocenters. The van der Waals surface area contributed by atoms with E-state index < -0.39 is 0 Å². The van der Waals surface area contributed by atoms with E-state index in [1.165, 1.54) is 6.08 Å². The van der Waals surface area contributed by atoms with Crippen molar-refractivity contribution in [2.24, 2.45) is 4.99 Å². The number of nitrogens with zero attached hydrogens (tertiary/aromatic N) is 2. The van der Waals surface area contributed by atoms with Crippen LogP contribution in [-0.2, 0) is 11.2 Å². The molecule has 0 amide bonds. The van der Waals surface area contributed by atoms with Crippen LogP contribution in [0.5, 0.6) is 0 Å². The van der Waals surface area contributed by atoms with E-state index in [0.717, 1.165) is 21.1 Å². The number of isocyanates is 1. The van der Waals surface area contributed by atoms with Gasteiger partial charge in [0, 0.05) is 5.39 Å². The van der Waals surface area contributed by atoms with Crippen LogP contribution in [0.15, 0.2) is 34.4 Å². The first-order chi connectivity index (χ1) is 7.76. The number of hydrogen-bond donors (Lipinski definition) is 1. The number of H-pyrrole nitrogens is 1. The second kappa shape index (κ2) is 4.43. The third-order valence-electron chi connectivity index (χ3n) is 2.22. The molecule has 0 aliphatic rings. The molecule has 0 bridgehead atoms. The van der Waals surface area contributed by atoms with Gasteiger partial charge in [-0.05, 0) is 40.0 Å². The summed E-state index contributed by atoms with van der Waals surface area (Å²) in [5.74, 6) is 0. The third kappa shape index (κ3) is 1.83. The minimum absolute atomic E-state index is 0.554. The molecule has 2 aromatic rings. The Morgan fingerprint density at radius 1 is 1.62 bits per heavy atom. The van der Waals surface area contributed by atoms with Crippen LogP contribution in [0.3, 0.4) is 0 Å². The maximum absolute atomic E-state index is 10.2. The minimum atomic E-state index is 0.554. The van der Waals surface area contributed by atoms with Gasteiger partial charge in [-0.1, -0.05) is 6.08 Å². The van der Waals surface area contributed by atoms with Crippen molar-refractivity contribution in [1.82, 2.24) is 10.2 Å². The van der Waals surface area contributed by atoms with Crippen molar-refractivity contribution in [1.29, 1.82) is 0 Å². The molecule has 0 radical (unpaired) electrons. The number of benzene rings is 1. The van der Waals surface area contributed by atoms with E-state index in [4.69, 9.17) is 0 Å². The van der Waals surface area contributed by atoms with Crippen LogP contribution in [0.2, 0.25) is 0 Å². The van der Waals surface area contributed by atoms with Crippen molar-refractivity contribution >= 4 is 38.6 Å². The number of fused-ring (bicyclic) bond motifs is 1. The summed E-state index contributed by atoms with van der Waals surface area (Å²) in [6.07, 6.45) is 4.01. The quantitative estimate of drug-likeness (QED) is 0.533. The summed E-state index contributed by atoms with van der Waals surface area (Å²) in [5.41, 5.74) is 2.33. The second-order valence-corrected chi connectivity index (χ2v) is 4.03. The molecular weight excluding hydrogens is 270 g/mol. The third-order valence-corrected chi connectivity index (χ3v) is 2.79. The smallest absolute Gasteiger partial charge is 0.240 e. The fourth-order valence-electron chi connectivity index (χ4n) is 1.61. The molecule has 1 heterocycles. The number of aromatic amines is 1. The molecule has 0 saturated heterocycles. The predicted octanol–water partition coefficient (Wildman–Crippen LogP) is 3.02. The first kappa shape index (κ1) is 10.8. The molecule has 0 unspecified atom stereocenters. The maximum Gasteiger partial charge on any atom is 0.240 e. The molecule has 1 aromatic carbocycles. The van der Waals surface area contributed by atoms with E-state index in [2.05, 4.69) is 37.7 Å². The standard InChI is InChI=1S/C11H8BrN3O/c1-2-3-7-4-8(13-6-16)5-9-10(7)11(12)15-14-9/h2,4-5H,1,3H2,(H,14,15). The Morgan fingerprint density at radius 3 is 3.12 bits per heavy atom. The molecular formula is C11H8BrN3O. The average Bonchev–Trinajstić information content (AvgIpc) is 2.61. The van der Waals surface area contributed by atoms with Crippen LogP contribution in [0.4, 0.5) is 5.69 Å². The van der Waals surface area contributed by atoms with E-state index in [9.17, 15) is 4.79 Å². The summed E-state index contributed by atoms with van der Waals surface area (Å²) in [7, 11) is 0. The van der Waals surface area contributed by atoms with E-state index in [1.807, 2.05) is 6.07 Å². The molecule has 1 N–H and O–H groups in total. The average molecular weight is 278 g/mol. The van der Waals surface area contributed by atoms with Gasteiger partial charge in [0.1, 0.15) is 4.60 Å². The van der Waals surface area contributed by atoms with Crippen LogP contribution >= 0.6 is 15.9 Å². The number of nitrogens with one attached hydrogen (secondary N) is 1. The highest BCUT2D eigenvalue weighted by molar-refractivity contribution is 9.10. The molecule has 2 rings (SSSR count). The largest absolute Gasteiger partial charge is 0.270 e. The summed E-state index contributed by atoms with van der Waals surface area (Å²) in [4.78, 5) is 13.8. The zero-order valence-electron chi connectivity index (χ0n) is 8.33. The molecule has 1 aromatic heterocycles. The Kier molecular flexibility index (Phi) is 2.99. The van der Waals surface area contributed by atoms with Gasteiger partial charge in [-0.3, -0.25) is 5.10 Å². The molecule has 4 nitrogen and oxygen atoms in total. The predicted molar refractivity (Wildman–Crippen MR) is 65.5 cm³/mol. The molecule has 5 heteroatoms. The van der Waals surface area contributed by atoms with Gasteiger partial charge in [0.15, 0.2) is 0 Å². The lowest BCUT2D eigenvalue weighted by atomic mass is 10.1. The second-order valence-electron chi connectivity index (χ2n) is 3.23. The number of rotatable bonds is 3. The highest BCUT2D eigenvalue weighted by Gasteiger charge is 2.09. The Hall–Kier alpha value is -1.71. The zero-order valence-corrected chi connectivity index (χ0v) is 9.91. The van der Waals surface area contributed by atoms with E-state index in [1.54, 1.807) is 12.1 Å². The normalized spacial score (nSPS) is 10.1. The first-order valence-electron chi connectivity index (χ1n) is 4.61. The highest BCUT2D eigenvalue weighted by Crippen LogP contribution is 2.29. The van der Waals surface area contributed by atoms with Gasteiger partial charge >= 0.3 is 0 Å². The fraction of sp³-hybridized carbons (Fsp3) is 0.0909. The molecule has 0 aliphatic heterocycles. The zero-order chi connectivity index (χ0) is 11.5. The van der Waals surface area contributed by atoms with Gasteiger partial charge in [-0.25, -0.2) is 4.79 Å². The number of carbonyl (C=O) groups excluding carboxylic acids is 1. The Bertz CT molecular complexity index is 597. The van der Waals surface area contributed by atoms with Crippen molar-refractivity contribution in [2.75, 3.05) is 0 Å². The minimum Gasteiger partial charge on any atom is -0.270 e. The Labute approximate surface area is 100 Å². The molecule has 16 heavy (non-hydrogen) atoms. The molecule has 80 valence electrons. The van der Waals surface area contributed by atoms with E-state index in [-0.39, 0.29) is 0 Å². The lowest BCUT2D eigenvalue weighted by molar-refractivity contribution is 0.565. The van der Waals surface area contributed by atoms with Crippen molar-refractivity contribution in [3.05, 3.63) is 35.0 Å². The first-order valence-corrected chi connectivity index (χ1v) is 5.41. The summed E-state index contributed by atoms with van der Waals surface area (Å²) >= 11 is 3.39. The van der Waals surface area contributed by atoms with Gasteiger partial charge in [-0.15, -0.1) is 6.58 Å². The van der Waals surface area contributed by atoms with Gasteiger partial charge < -0.3 is 0 Å². The van der Waals surface area contributed by atoms with Gasteiger partial charge in [0.25, 0.3) is 0 Å². The van der Waals surface area contributed by atoms with Crippen molar-refractivity contribution in [3.63, 3.8) is 0 Å². The van der Waals surface area contributed by atoms with Crippen LogP contribution < -0.4 is 0 Å². The Morgan fingerprint density at radius 2 is 2.44 bits per heavy atom. The Balaban J connectivity index is 2.74. The summed E-state index contributed by atoms with van der Waals surface area (Å²) in [6.45, 7) is 3.70. The monoisotopic (exact) mass is 277 g/mol. The van der Waals surface area contributed by atoms with Crippen molar-refractivity contribution in [3.8, 4) is 0 Å². The highest BCUT2D eigenvalue weighted by atomic mass is 79.9. The van der Waals surface area contributed by atoms with Gasteiger partial charge in [0.05, 0.1) is 11.2 Å². The lowest BCUT2D eigenvalue weighted by Crippen LogP contribution is -1.83. The SMILES string of the molecule is C=CCc1cc(N=C=O)cc2n[nH]c(Br)c12. The fourth-order valence-corrected chi connectivity index (χ4v) is 2.16. The number of aromatic nitrogens is 2. The van der Waals surface area contributed by atoms with Crippen LogP contribution in [0.1, 0.15) is 5.56 Å². The summed E-state index contributed by atoms with van der Waals surface area (Å²) in [6, 6.07) is 3.56. The van der Waals surface area contributed by atoms with Crippen molar-refractivity contribution in [2.45, 2.75) is 6.42 Å². The van der Waals surface area contributed by atoms with E-state index in [0.29, 0.717) is 12.1 Å². The molecule has 0 spiro atoms. The summed E-state index contributed by atoms with van der Waals surface area (Å²) < 4.78 is 0.820. The van der Waals surface area contributed by atoms with Crippen LogP contribution in [-0.4, -0.2) is 16.3 Å². The van der Waals surface area contributed by atoms with Crippen molar-refractivity contribution < 1.29 is 4.79 Å². The maximum atomic E-state index is 10.2. The van der Waals surface area contributed by atoms with Crippen LogP contribution in [0, 0.1) is 0 Å². The van der Waals surface area contributed by atoms with Gasteiger partial charge in [-0.2, -0.15) is 10.1 Å². The number of aliphatic imine (C=N–C) groups is 1. The van der Waals surface area contributed by atoms with Gasteiger partial charge in [0.2, 0.25) is 6.08 Å². The lowest BCUT2D eigenvalue weighted by Gasteiger charge is -2.01. The molecule has 0 saturated carbocycles. The molecule has 0 aliphatic carbocycles. The number of hydrogen-bond acceptors (Lipinski definition) is 3. The summed E-state index contributed by atoms with van der Waals surface area (Å²) in [5, 5.41) is 7.94. The van der Waals surface area contributed by atoms with E-state index >= 15 is 0 Å².